The molecule has 4 nitrogen and oxygen atoms in total. The van der Waals surface area contributed by atoms with Crippen molar-refractivity contribution in [3.63, 3.8) is 0 Å². The van der Waals surface area contributed by atoms with Gasteiger partial charge < -0.3 is 10.6 Å². The lowest BCUT2D eigenvalue weighted by Crippen LogP contribution is -2.29. The van der Waals surface area contributed by atoms with Crippen LogP contribution in [0, 0.1) is 0 Å². The zero-order valence-electron chi connectivity index (χ0n) is 11.4. The average molecular weight is 387 g/mol. The van der Waals surface area contributed by atoms with E-state index in [1.54, 1.807) is 29.6 Å². The van der Waals surface area contributed by atoms with Crippen LogP contribution in [0.4, 0.5) is 24.5 Å². The van der Waals surface area contributed by atoms with E-state index in [4.69, 9.17) is 0 Å². The lowest BCUT2D eigenvalue weighted by Gasteiger charge is -2.09. The maximum atomic E-state index is 12.1. The number of anilines is 2. The number of carbonyl (C=O) groups is 2. The molecule has 0 bridgehead atoms. The van der Waals surface area contributed by atoms with Crippen molar-refractivity contribution in [2.24, 2.45) is 0 Å². The Morgan fingerprint density at radius 2 is 1.30 bits per heavy atom. The Hall–Kier alpha value is -2.35. The Balaban J connectivity index is 2.01. The first-order valence-corrected chi connectivity index (χ1v) is 7.10. The minimum atomic E-state index is -4.95. The maximum absolute atomic E-state index is 12.1. The Morgan fingerprint density at radius 3 is 1.78 bits per heavy atom. The van der Waals surface area contributed by atoms with E-state index in [0.717, 1.165) is 4.47 Å². The van der Waals surface area contributed by atoms with Gasteiger partial charge in [0.2, 0.25) is 0 Å². The van der Waals surface area contributed by atoms with Crippen LogP contribution in [0.2, 0.25) is 0 Å². The fraction of sp³-hybridized carbons (Fsp3) is 0.0667. The van der Waals surface area contributed by atoms with Crippen molar-refractivity contribution in [1.82, 2.24) is 0 Å². The molecular formula is C15H10BrF3N2O2. The second kappa shape index (κ2) is 6.82. The summed E-state index contributed by atoms with van der Waals surface area (Å²) in [6.45, 7) is 0. The van der Waals surface area contributed by atoms with Crippen LogP contribution >= 0.6 is 15.9 Å². The van der Waals surface area contributed by atoms with E-state index in [1.165, 1.54) is 24.3 Å². The molecule has 0 unspecified atom stereocenters. The average Bonchev–Trinajstić information content (AvgIpc) is 2.49. The van der Waals surface area contributed by atoms with Gasteiger partial charge in [0.1, 0.15) is 0 Å². The Morgan fingerprint density at radius 1 is 0.826 bits per heavy atom. The molecule has 2 aromatic carbocycles. The van der Waals surface area contributed by atoms with Crippen molar-refractivity contribution < 1.29 is 22.8 Å². The van der Waals surface area contributed by atoms with E-state index in [-0.39, 0.29) is 11.6 Å². The van der Waals surface area contributed by atoms with Crippen LogP contribution in [0.1, 0.15) is 10.4 Å². The number of hydrogen-bond acceptors (Lipinski definition) is 2. The molecular weight excluding hydrogens is 377 g/mol. The van der Waals surface area contributed by atoms with E-state index in [9.17, 15) is 22.8 Å². The number of hydrogen-bond donors (Lipinski definition) is 2. The number of halogens is 4. The lowest BCUT2D eigenvalue weighted by atomic mass is 10.2. The first-order valence-electron chi connectivity index (χ1n) is 6.31. The molecule has 120 valence electrons. The second-order valence-corrected chi connectivity index (χ2v) is 5.41. The maximum Gasteiger partial charge on any atom is 0.471 e. The Bertz CT molecular complexity index is 713. The molecule has 0 fully saturated rings. The molecule has 0 saturated carbocycles. The van der Waals surface area contributed by atoms with Gasteiger partial charge >= 0.3 is 12.1 Å². The highest BCUT2D eigenvalue weighted by Gasteiger charge is 2.38. The normalized spacial score (nSPS) is 11.0. The molecule has 0 saturated heterocycles. The Kier molecular flexibility index (Phi) is 5.05. The van der Waals surface area contributed by atoms with Gasteiger partial charge in [0.25, 0.3) is 5.91 Å². The fourth-order valence-corrected chi connectivity index (χ4v) is 1.91. The minimum Gasteiger partial charge on any atom is -0.322 e. The molecule has 0 radical (unpaired) electrons. The third-order valence-electron chi connectivity index (χ3n) is 2.76. The van der Waals surface area contributed by atoms with Crippen LogP contribution in [0.25, 0.3) is 0 Å². The van der Waals surface area contributed by atoms with Crippen LogP contribution in [0.5, 0.6) is 0 Å². The molecule has 0 aromatic heterocycles. The van der Waals surface area contributed by atoms with Gasteiger partial charge in [0.05, 0.1) is 0 Å². The van der Waals surface area contributed by atoms with Crippen LogP contribution in [-0.2, 0) is 4.79 Å². The molecule has 0 atom stereocenters. The van der Waals surface area contributed by atoms with Crippen LogP contribution in [0.3, 0.4) is 0 Å². The fourth-order valence-electron chi connectivity index (χ4n) is 1.64. The van der Waals surface area contributed by atoms with Gasteiger partial charge in [-0.25, -0.2) is 0 Å². The summed E-state index contributed by atoms with van der Waals surface area (Å²) in [4.78, 5) is 22.8. The number of amides is 2. The molecule has 8 heteroatoms. The number of rotatable bonds is 3. The highest BCUT2D eigenvalue weighted by atomic mass is 79.9. The van der Waals surface area contributed by atoms with E-state index in [2.05, 4.69) is 21.2 Å². The highest BCUT2D eigenvalue weighted by molar-refractivity contribution is 9.10. The van der Waals surface area contributed by atoms with E-state index >= 15 is 0 Å². The zero-order chi connectivity index (χ0) is 17.0. The van der Waals surface area contributed by atoms with Crippen molar-refractivity contribution in [2.75, 3.05) is 10.6 Å². The van der Waals surface area contributed by atoms with Gasteiger partial charge in [0, 0.05) is 21.4 Å². The quantitative estimate of drug-likeness (QED) is 0.830. The largest absolute Gasteiger partial charge is 0.471 e. The van der Waals surface area contributed by atoms with Crippen molar-refractivity contribution in [3.05, 3.63) is 58.6 Å². The van der Waals surface area contributed by atoms with Gasteiger partial charge in [-0.1, -0.05) is 15.9 Å². The minimum absolute atomic E-state index is 0.0195. The molecule has 0 aliphatic heterocycles. The Labute approximate surface area is 137 Å². The molecule has 2 rings (SSSR count). The molecule has 0 spiro atoms. The van der Waals surface area contributed by atoms with E-state index in [1.807, 2.05) is 0 Å². The van der Waals surface area contributed by atoms with Crippen LogP contribution in [0.15, 0.2) is 53.0 Å². The number of carbonyl (C=O) groups excluding carboxylic acids is 2. The molecule has 23 heavy (non-hydrogen) atoms. The summed E-state index contributed by atoms with van der Waals surface area (Å²) in [6, 6.07) is 12.0. The number of nitrogens with one attached hydrogen (secondary N) is 2. The van der Waals surface area contributed by atoms with Crippen molar-refractivity contribution in [2.45, 2.75) is 6.18 Å². The smallest absolute Gasteiger partial charge is 0.322 e. The van der Waals surface area contributed by atoms with E-state index in [0.29, 0.717) is 11.3 Å². The standard InChI is InChI=1S/C15H10BrF3N2O2/c16-10-3-1-9(2-4-10)13(22)20-11-5-7-12(8-6-11)21-14(23)15(17,18)19/h1-8H,(H,20,22)(H,21,23). The predicted molar refractivity (Wildman–Crippen MR) is 83.2 cm³/mol. The number of benzene rings is 2. The van der Waals surface area contributed by atoms with Gasteiger partial charge in [0.15, 0.2) is 0 Å². The third-order valence-corrected chi connectivity index (χ3v) is 3.29. The molecule has 0 heterocycles. The predicted octanol–water partition coefficient (Wildman–Crippen LogP) is 4.20. The highest BCUT2D eigenvalue weighted by Crippen LogP contribution is 2.20. The number of alkyl halides is 3. The third kappa shape index (κ3) is 4.82. The van der Waals surface area contributed by atoms with Gasteiger partial charge in [-0.2, -0.15) is 13.2 Å². The first kappa shape index (κ1) is 17.0. The van der Waals surface area contributed by atoms with Gasteiger partial charge in [-0.15, -0.1) is 0 Å². The summed E-state index contributed by atoms with van der Waals surface area (Å²) >= 11 is 3.26. The first-order chi connectivity index (χ1) is 10.8. The van der Waals surface area contributed by atoms with Gasteiger partial charge in [-0.3, -0.25) is 9.59 Å². The molecule has 2 amide bonds. The molecule has 2 aromatic rings. The zero-order valence-corrected chi connectivity index (χ0v) is 13.0. The summed E-state index contributed by atoms with van der Waals surface area (Å²) < 4.78 is 37.2. The SMILES string of the molecule is O=C(Nc1ccc(NC(=O)C(F)(F)F)cc1)c1ccc(Br)cc1. The van der Waals surface area contributed by atoms with E-state index < -0.39 is 12.1 Å². The second-order valence-electron chi connectivity index (χ2n) is 4.49. The molecule has 0 aliphatic rings. The van der Waals surface area contributed by atoms with Crippen molar-refractivity contribution >= 4 is 39.1 Å². The van der Waals surface area contributed by atoms with Crippen LogP contribution < -0.4 is 10.6 Å². The monoisotopic (exact) mass is 386 g/mol. The summed E-state index contributed by atoms with van der Waals surface area (Å²) in [7, 11) is 0. The topological polar surface area (TPSA) is 58.2 Å². The summed E-state index contributed by atoms with van der Waals surface area (Å²) in [5.41, 5.74) is 0.805. The molecule has 0 aliphatic carbocycles. The van der Waals surface area contributed by atoms with Crippen molar-refractivity contribution in [1.29, 1.82) is 0 Å². The molecule has 2 N–H and O–H groups in total. The van der Waals surface area contributed by atoms with Gasteiger partial charge in [-0.05, 0) is 48.5 Å². The lowest BCUT2D eigenvalue weighted by molar-refractivity contribution is -0.167. The summed E-state index contributed by atoms with van der Waals surface area (Å²) in [6.07, 6.45) is -4.95. The van der Waals surface area contributed by atoms with Crippen molar-refractivity contribution in [3.8, 4) is 0 Å². The van der Waals surface area contributed by atoms with Crippen LogP contribution in [-0.4, -0.2) is 18.0 Å². The summed E-state index contributed by atoms with van der Waals surface area (Å²) in [5.74, 6) is -2.41. The summed E-state index contributed by atoms with van der Waals surface area (Å²) in [5, 5.41) is 4.32.